The zero-order valence-corrected chi connectivity index (χ0v) is 78.4. The molecular formula is C86H95N17O8S12. The number of carbonyl (C=O) groups excluding carboxylic acids is 1. The minimum Gasteiger partial charge on any atom is -0.481 e. The first-order chi connectivity index (χ1) is 59.8. The van der Waals surface area contributed by atoms with Gasteiger partial charge in [0.1, 0.15) is 79.0 Å². The lowest BCUT2D eigenvalue weighted by atomic mass is 10.00. The van der Waals surface area contributed by atoms with E-state index in [1.807, 2.05) is 114 Å². The number of rotatable bonds is 33. The minimum atomic E-state index is -1.17. The van der Waals surface area contributed by atoms with Crippen molar-refractivity contribution in [3.05, 3.63) is 154 Å². The van der Waals surface area contributed by atoms with Gasteiger partial charge in [0.05, 0.1) is 98.9 Å². The van der Waals surface area contributed by atoms with Crippen LogP contribution in [-0.2, 0) is 65.8 Å². The number of hydrogen-bond acceptors (Lipinski definition) is 31. The Labute approximate surface area is 755 Å². The number of hydrogen-bond donors (Lipinski definition) is 8. The van der Waals surface area contributed by atoms with E-state index < -0.39 is 43.2 Å². The van der Waals surface area contributed by atoms with E-state index >= 15 is 0 Å². The number of unbranched alkanes of at least 4 members (excludes halogenated alkanes) is 4. The topological polar surface area (TPSA) is 406 Å². The van der Waals surface area contributed by atoms with Gasteiger partial charge in [-0.25, -0.2) is 49.7 Å². The molecule has 14 heterocycles. The Kier molecular flexibility index (Phi) is 33.0. The van der Waals surface area contributed by atoms with Gasteiger partial charge in [-0.1, -0.05) is 109 Å². The highest BCUT2D eigenvalue weighted by Gasteiger charge is 2.29. The Morgan fingerprint density at radius 3 is 1.16 bits per heavy atom. The van der Waals surface area contributed by atoms with Gasteiger partial charge in [-0.05, 0) is 119 Å². The summed E-state index contributed by atoms with van der Waals surface area (Å²) in [6, 6.07) is 23.7. The molecule has 2 aliphatic heterocycles. The SMILES string of the molecule is CCCCS(=O)c1sc2nc(-c3nccs3)cc(-c3ccc(CNC(=O)NCCO)cc3)c2c1N.CCCCS(=O)c1sc2nc(-c3nccs3)cc(-c3ccc(COCN)cc3)c2c1N.CCCCS(=O)c1sc2nc(-c3nccs3)cc(C3=CN=C(C)C3)c2c1N.CCCCS(=O)c1sc2nc(-c3nccs3)cc(C3=CN=C(OCCC)C3)c2c1N. The van der Waals surface area contributed by atoms with Crippen LogP contribution in [0, 0.1) is 0 Å². The van der Waals surface area contributed by atoms with Crippen LogP contribution in [0.2, 0.25) is 0 Å². The second-order valence-corrected chi connectivity index (χ2v) is 42.9. The average molecular weight is 1880 g/mol. The molecule has 123 heavy (non-hydrogen) atoms. The molecule has 0 fully saturated rings. The Balaban J connectivity index is 0.000000142. The van der Waals surface area contributed by atoms with Gasteiger partial charge < -0.3 is 53.9 Å². The molecule has 16 rings (SSSR count). The number of aliphatic imine (C=N–C) groups is 2. The number of thiazole rings is 4. The maximum atomic E-state index is 12.9. The minimum absolute atomic E-state index is 0.106. The highest BCUT2D eigenvalue weighted by molar-refractivity contribution is 7.88. The lowest BCUT2D eigenvalue weighted by Crippen LogP contribution is -2.36. The predicted octanol–water partition coefficient (Wildman–Crippen LogP) is 20.0. The fourth-order valence-corrected chi connectivity index (χ4v) is 26.7. The number of nitrogens with one attached hydrogen (secondary N) is 2. The second kappa shape index (κ2) is 44.2. The summed E-state index contributed by atoms with van der Waals surface area (Å²) in [5, 5.41) is 28.6. The molecule has 4 unspecified atom stereocenters. The fourth-order valence-electron chi connectivity index (χ4n) is 13.1. The Morgan fingerprint density at radius 2 is 0.829 bits per heavy atom. The maximum Gasteiger partial charge on any atom is 0.315 e. The second-order valence-electron chi connectivity index (χ2n) is 28.3. The number of ether oxygens (including phenoxy) is 2. The number of fused-ring (bicyclic) bond motifs is 4. The zero-order chi connectivity index (χ0) is 86.6. The van der Waals surface area contributed by atoms with E-state index in [-0.39, 0.29) is 25.9 Å². The summed E-state index contributed by atoms with van der Waals surface area (Å²) in [5.74, 6) is 3.15. The number of thiophene rings is 4. The van der Waals surface area contributed by atoms with E-state index in [1.54, 1.807) is 47.5 Å². The van der Waals surface area contributed by atoms with Crippen molar-refractivity contribution in [1.82, 2.24) is 50.5 Å². The first-order valence-corrected chi connectivity index (χ1v) is 52.2. The van der Waals surface area contributed by atoms with E-state index in [2.05, 4.69) is 75.2 Å². The number of nitrogen functional groups attached to an aromatic ring is 4. The van der Waals surface area contributed by atoms with Crippen molar-refractivity contribution in [3.8, 4) is 65.1 Å². The predicted molar refractivity (Wildman–Crippen MR) is 519 cm³/mol. The van der Waals surface area contributed by atoms with Gasteiger partial charge in [0.2, 0.25) is 0 Å². The normalized spacial score (nSPS) is 13.5. The maximum absolute atomic E-state index is 12.9. The van der Waals surface area contributed by atoms with Gasteiger partial charge in [0, 0.05) is 128 Å². The number of anilines is 4. The van der Waals surface area contributed by atoms with E-state index in [9.17, 15) is 21.6 Å². The van der Waals surface area contributed by atoms with Crippen molar-refractivity contribution in [2.75, 3.05) is 72.4 Å². The van der Waals surface area contributed by atoms with Gasteiger partial charge in [-0.2, -0.15) is 0 Å². The van der Waals surface area contributed by atoms with Crippen LogP contribution in [0.5, 0.6) is 0 Å². The average Bonchev–Trinajstić information content (AvgIpc) is 1.62. The zero-order valence-electron chi connectivity index (χ0n) is 68.6. The number of allylic oxidation sites excluding steroid dienone is 1. The van der Waals surface area contributed by atoms with Crippen LogP contribution in [0.4, 0.5) is 27.5 Å². The molecule has 14 aromatic rings. The molecule has 0 aliphatic carbocycles. The molecule has 37 heteroatoms. The van der Waals surface area contributed by atoms with Crippen LogP contribution in [0.15, 0.2) is 158 Å². The molecule has 644 valence electrons. The van der Waals surface area contributed by atoms with E-state index in [4.69, 9.17) is 63.2 Å². The van der Waals surface area contributed by atoms with Crippen LogP contribution in [0.25, 0.3) is 117 Å². The van der Waals surface area contributed by atoms with Crippen LogP contribution < -0.4 is 39.3 Å². The van der Waals surface area contributed by atoms with Gasteiger partial charge in [0.15, 0.2) is 5.90 Å². The summed E-state index contributed by atoms with van der Waals surface area (Å²) in [5.41, 5.74) is 48.0. The third-order valence-corrected chi connectivity index (χ3v) is 34.5. The Bertz CT molecular complexity index is 6220. The highest BCUT2D eigenvalue weighted by Crippen LogP contribution is 2.48. The molecular weight excluding hydrogens is 1780 g/mol. The third-order valence-electron chi connectivity index (χ3n) is 19.4. The quantitative estimate of drug-likeness (QED) is 0.0177. The molecule has 2 amide bonds. The third kappa shape index (κ3) is 22.3. The molecule has 0 spiro atoms. The number of carbonyl (C=O) groups is 1. The summed E-state index contributed by atoms with van der Waals surface area (Å²) in [6.07, 6.45) is 20.7. The van der Waals surface area contributed by atoms with Crippen molar-refractivity contribution >= 4 is 226 Å². The van der Waals surface area contributed by atoms with E-state index in [0.29, 0.717) is 90.5 Å². The summed E-state index contributed by atoms with van der Waals surface area (Å²) < 4.78 is 65.3. The smallest absolute Gasteiger partial charge is 0.315 e. The van der Waals surface area contributed by atoms with Gasteiger partial charge in [0.25, 0.3) is 0 Å². The van der Waals surface area contributed by atoms with Crippen molar-refractivity contribution in [2.45, 2.75) is 142 Å². The molecule has 13 N–H and O–H groups in total. The Morgan fingerprint density at radius 1 is 0.472 bits per heavy atom. The van der Waals surface area contributed by atoms with Gasteiger partial charge in [-0.3, -0.25) is 21.8 Å². The lowest BCUT2D eigenvalue weighted by Gasteiger charge is -2.10. The number of amides is 2. The van der Waals surface area contributed by atoms with Crippen molar-refractivity contribution in [2.24, 2.45) is 15.7 Å². The lowest BCUT2D eigenvalue weighted by molar-refractivity contribution is 0.127. The number of aromatic nitrogens is 8. The molecule has 0 radical (unpaired) electrons. The summed E-state index contributed by atoms with van der Waals surface area (Å²) in [6.45, 7) is 14.2. The first kappa shape index (κ1) is 91.7. The standard InChI is InChI=1S/C24H27N5O3S3.C22H24N4O2S3.C21H24N4O2S3.C19H20N4OS3/c1-2-3-12-35(32)23-20(25)19-17(13-18(29-22(19)34-23)21-26-9-11-33-21)16-6-4-15(5-7-16)14-28-24(31)27-8-10-30;1-2-3-10-31(27)22-19(24)18-16(15-6-4-14(5-7-15)12-28-13-23)11-17(26-21(18)30-22)20-25-8-9-29-20;1-3-5-9-30(26)21-18(22)17-14(13-10-16(24-12-13)27-7-4-2)11-15(25-20(17)29-21)19-23-6-8-28-19;1-3-4-7-27(24)19-16(20)15-13(12-8-11(2)22-10-12)9-14(23-18(15)26-19)17-21-5-6-25-17/h4-7,9,11,13,30H,2-3,8,10,12,14,25H2,1H3,(H2,27,28,31);4-9,11H,2-3,10,12-13,23-24H2,1H3;6,8,11-12H,3-5,7,9-10,22H2,1-2H3;5-6,9-10H,3-4,7-8,20H2,1-2H3. The number of nitrogens with zero attached hydrogens (tertiary/aromatic N) is 10. The van der Waals surface area contributed by atoms with Crippen molar-refractivity contribution in [3.63, 3.8) is 0 Å². The van der Waals surface area contributed by atoms with Crippen LogP contribution >= 0.6 is 90.7 Å². The number of pyridine rings is 4. The number of nitrogens with two attached hydrogens (primary N) is 5. The molecule has 0 bridgehead atoms. The van der Waals surface area contributed by atoms with Crippen molar-refractivity contribution in [1.29, 1.82) is 0 Å². The Hall–Kier alpha value is -9.03. The molecule has 2 aliphatic rings. The molecule has 0 saturated heterocycles. The summed E-state index contributed by atoms with van der Waals surface area (Å²) >= 11 is 11.8. The summed E-state index contributed by atoms with van der Waals surface area (Å²) in [4.78, 5) is 60.7. The largest absolute Gasteiger partial charge is 0.481 e. The van der Waals surface area contributed by atoms with Crippen LogP contribution in [-0.4, -0.2) is 129 Å². The molecule has 2 aromatic carbocycles. The molecule has 0 saturated carbocycles. The molecule has 12 aromatic heterocycles. The summed E-state index contributed by atoms with van der Waals surface area (Å²) in [7, 11) is -4.52. The van der Waals surface area contributed by atoms with E-state index in [1.165, 1.54) is 68.0 Å². The highest BCUT2D eigenvalue weighted by atomic mass is 32.2. The van der Waals surface area contributed by atoms with Gasteiger partial charge in [-0.15, -0.1) is 90.7 Å². The number of urea groups is 1. The van der Waals surface area contributed by atoms with Crippen LogP contribution in [0.1, 0.15) is 134 Å². The number of aliphatic hydroxyl groups is 1. The van der Waals surface area contributed by atoms with Crippen LogP contribution in [0.3, 0.4) is 0 Å². The van der Waals surface area contributed by atoms with Crippen molar-refractivity contribution < 1.29 is 36.2 Å². The molecule has 4 atom stereocenters. The van der Waals surface area contributed by atoms with E-state index in [0.717, 1.165) is 213 Å². The van der Waals surface area contributed by atoms with Gasteiger partial charge >= 0.3 is 6.03 Å². The monoisotopic (exact) mass is 1880 g/mol. The fraction of sp³-hybridized carbons (Fsp3) is 0.314. The number of aliphatic hydroxyl groups excluding tert-OH is 1. The first-order valence-electron chi connectivity index (χ1n) is 40.1. The molecule has 25 nitrogen and oxygen atoms in total. The number of benzene rings is 2.